The summed E-state index contributed by atoms with van der Waals surface area (Å²) in [6.45, 7) is 9.29. The minimum Gasteiger partial charge on any atom is -0.310 e. The summed E-state index contributed by atoms with van der Waals surface area (Å²) in [7, 11) is 0. The van der Waals surface area contributed by atoms with Crippen LogP contribution < -0.4 is 4.90 Å². The number of benzene rings is 7. The van der Waals surface area contributed by atoms with Crippen LogP contribution in [0.3, 0.4) is 0 Å². The maximum absolute atomic E-state index is 2.58. The van der Waals surface area contributed by atoms with Crippen LogP contribution in [0.15, 0.2) is 169 Å². The van der Waals surface area contributed by atoms with E-state index < -0.39 is 0 Å². The van der Waals surface area contributed by atoms with Gasteiger partial charge in [0.15, 0.2) is 0 Å². The number of anilines is 3. The van der Waals surface area contributed by atoms with Gasteiger partial charge in [-0.05, 0) is 142 Å². The van der Waals surface area contributed by atoms with Crippen LogP contribution in [0, 0.1) is 0 Å². The zero-order valence-corrected chi connectivity index (χ0v) is 32.9. The van der Waals surface area contributed by atoms with Gasteiger partial charge in [0.05, 0.1) is 5.69 Å². The normalized spacial score (nSPS) is 21.1. The van der Waals surface area contributed by atoms with Crippen molar-refractivity contribution in [3.8, 4) is 22.3 Å². The maximum atomic E-state index is 2.58. The van der Waals surface area contributed by atoms with Crippen molar-refractivity contribution in [3.63, 3.8) is 0 Å². The molecule has 0 aliphatic heterocycles. The monoisotopic (exact) mass is 721 g/mol. The standard InChI is InChI=1S/C55H47N/c1-5-15-46-36(2)40-18-8-12-23-48(40)54(46)30-32-55(33-31-54)49-24-13-10-21-43(49)45-29-27-39(35-51(45)55)56(52-25-14-17-37-16-6-7-19-41(37)52)38-26-28-44-42-20-9-11-22-47(42)53(3,4)50(44)34-38/h5-29,34-35H,30-33H2,1-4H3/b15-5-. The largest absolute Gasteiger partial charge is 0.310 e. The molecule has 0 atom stereocenters. The molecule has 11 rings (SSSR count). The molecule has 0 aromatic heterocycles. The molecule has 0 unspecified atom stereocenters. The molecule has 1 heteroatoms. The van der Waals surface area contributed by atoms with E-state index in [-0.39, 0.29) is 16.2 Å². The molecule has 56 heavy (non-hydrogen) atoms. The van der Waals surface area contributed by atoms with E-state index in [1.54, 1.807) is 0 Å². The Morgan fingerprint density at radius 3 is 1.71 bits per heavy atom. The minimum atomic E-state index is -0.0917. The third-order valence-electron chi connectivity index (χ3n) is 14.4. The molecule has 7 aromatic rings. The highest BCUT2D eigenvalue weighted by Crippen LogP contribution is 2.63. The van der Waals surface area contributed by atoms with Gasteiger partial charge in [-0.2, -0.15) is 0 Å². The van der Waals surface area contributed by atoms with Crippen LogP contribution in [0.5, 0.6) is 0 Å². The lowest BCUT2D eigenvalue weighted by Gasteiger charge is -2.46. The Balaban J connectivity index is 1.09. The Labute approximate surface area is 331 Å². The van der Waals surface area contributed by atoms with Crippen molar-refractivity contribution in [2.24, 2.45) is 0 Å². The van der Waals surface area contributed by atoms with Crippen molar-refractivity contribution >= 4 is 33.4 Å². The number of nitrogens with zero attached hydrogens (tertiary/aromatic N) is 1. The van der Waals surface area contributed by atoms with E-state index in [0.717, 1.165) is 25.7 Å². The maximum Gasteiger partial charge on any atom is 0.0540 e. The molecule has 1 fully saturated rings. The molecular formula is C55H47N. The number of hydrogen-bond acceptors (Lipinski definition) is 1. The van der Waals surface area contributed by atoms with Crippen LogP contribution in [0.2, 0.25) is 0 Å². The van der Waals surface area contributed by atoms with Crippen LogP contribution in [-0.2, 0) is 16.2 Å². The Morgan fingerprint density at radius 1 is 0.482 bits per heavy atom. The molecule has 272 valence electrons. The van der Waals surface area contributed by atoms with Crippen molar-refractivity contribution in [1.82, 2.24) is 0 Å². The van der Waals surface area contributed by atoms with E-state index in [2.05, 4.69) is 196 Å². The number of allylic oxidation sites excluding steroid dienone is 4. The summed E-state index contributed by atoms with van der Waals surface area (Å²) < 4.78 is 0. The molecule has 7 aromatic carbocycles. The number of rotatable bonds is 4. The predicted molar refractivity (Wildman–Crippen MR) is 236 cm³/mol. The lowest BCUT2D eigenvalue weighted by molar-refractivity contribution is 0.263. The quantitative estimate of drug-likeness (QED) is 0.175. The summed E-state index contributed by atoms with van der Waals surface area (Å²) in [4.78, 5) is 2.55. The first-order chi connectivity index (χ1) is 27.4. The molecular weight excluding hydrogens is 675 g/mol. The molecule has 0 heterocycles. The summed E-state index contributed by atoms with van der Waals surface area (Å²) in [5.74, 6) is 0. The zero-order chi connectivity index (χ0) is 37.8. The van der Waals surface area contributed by atoms with E-state index in [0.29, 0.717) is 0 Å². The summed E-state index contributed by atoms with van der Waals surface area (Å²) in [5.41, 5.74) is 20.8. The van der Waals surface area contributed by atoms with Gasteiger partial charge < -0.3 is 4.90 Å². The second kappa shape index (κ2) is 12.0. The molecule has 0 saturated heterocycles. The third-order valence-corrected chi connectivity index (χ3v) is 14.4. The van der Waals surface area contributed by atoms with Crippen LogP contribution in [-0.4, -0.2) is 0 Å². The van der Waals surface area contributed by atoms with Crippen LogP contribution in [0.1, 0.15) is 86.8 Å². The molecule has 4 aliphatic carbocycles. The Bertz CT molecular complexity index is 2810. The highest BCUT2D eigenvalue weighted by Gasteiger charge is 2.53. The first-order valence-electron chi connectivity index (χ1n) is 20.6. The van der Waals surface area contributed by atoms with E-state index in [1.807, 2.05) is 0 Å². The van der Waals surface area contributed by atoms with Gasteiger partial charge in [0.2, 0.25) is 0 Å². The van der Waals surface area contributed by atoms with Gasteiger partial charge in [-0.3, -0.25) is 0 Å². The lowest BCUT2D eigenvalue weighted by atomic mass is 9.57. The first-order valence-corrected chi connectivity index (χ1v) is 20.6. The second-order valence-corrected chi connectivity index (χ2v) is 17.3. The molecule has 2 spiro atoms. The highest BCUT2D eigenvalue weighted by molar-refractivity contribution is 6.00. The average molecular weight is 722 g/mol. The van der Waals surface area contributed by atoms with Crippen molar-refractivity contribution in [2.45, 2.75) is 69.6 Å². The van der Waals surface area contributed by atoms with Crippen molar-refractivity contribution < 1.29 is 0 Å². The second-order valence-electron chi connectivity index (χ2n) is 17.3. The van der Waals surface area contributed by atoms with Crippen LogP contribution in [0.25, 0.3) is 38.6 Å². The van der Waals surface area contributed by atoms with E-state index >= 15 is 0 Å². The highest BCUT2D eigenvalue weighted by atomic mass is 15.1. The fraction of sp³-hybridized carbons (Fsp3) is 0.200. The van der Waals surface area contributed by atoms with Gasteiger partial charge in [-0.1, -0.05) is 147 Å². The lowest BCUT2D eigenvalue weighted by Crippen LogP contribution is -2.39. The Kier molecular flexibility index (Phi) is 7.18. The van der Waals surface area contributed by atoms with Crippen molar-refractivity contribution in [2.75, 3.05) is 4.90 Å². The SMILES string of the molecule is C/C=C\C1=C(C)c2ccccc2C12CCC1(CC2)c2ccccc2-c2ccc(N(c3ccc4c(c3)C(C)(C)c3ccccc3-4)c3cccc4ccccc34)cc21. The smallest absolute Gasteiger partial charge is 0.0540 e. The number of fused-ring (bicyclic) bond motifs is 11. The first kappa shape index (κ1) is 33.4. The van der Waals surface area contributed by atoms with Crippen molar-refractivity contribution in [1.29, 1.82) is 0 Å². The fourth-order valence-corrected chi connectivity index (χ4v) is 11.8. The minimum absolute atomic E-state index is 0.0499. The van der Waals surface area contributed by atoms with E-state index in [9.17, 15) is 0 Å². The van der Waals surface area contributed by atoms with Gasteiger partial charge in [0, 0.05) is 33.0 Å². The van der Waals surface area contributed by atoms with Gasteiger partial charge in [0.25, 0.3) is 0 Å². The van der Waals surface area contributed by atoms with Gasteiger partial charge in [0.1, 0.15) is 0 Å². The molecule has 1 nitrogen and oxygen atoms in total. The molecule has 0 N–H and O–H groups in total. The molecule has 1 saturated carbocycles. The fourth-order valence-electron chi connectivity index (χ4n) is 11.8. The van der Waals surface area contributed by atoms with Gasteiger partial charge in [-0.25, -0.2) is 0 Å². The summed E-state index contributed by atoms with van der Waals surface area (Å²) >= 11 is 0. The Hall–Kier alpha value is -5.92. The third kappa shape index (κ3) is 4.43. The van der Waals surface area contributed by atoms with Crippen molar-refractivity contribution in [3.05, 3.63) is 203 Å². The van der Waals surface area contributed by atoms with E-state index in [1.165, 1.54) is 94.6 Å². The van der Waals surface area contributed by atoms with Gasteiger partial charge in [-0.15, -0.1) is 0 Å². The average Bonchev–Trinajstić information content (AvgIpc) is 3.74. The predicted octanol–water partition coefficient (Wildman–Crippen LogP) is 14.8. The summed E-state index contributed by atoms with van der Waals surface area (Å²) in [5, 5.41) is 2.51. The molecule has 0 amide bonds. The summed E-state index contributed by atoms with van der Waals surface area (Å²) in [6.07, 6.45) is 9.16. The van der Waals surface area contributed by atoms with E-state index in [4.69, 9.17) is 0 Å². The summed E-state index contributed by atoms with van der Waals surface area (Å²) in [6, 6.07) is 57.8. The zero-order valence-electron chi connectivity index (χ0n) is 32.9. The Morgan fingerprint density at radius 2 is 1.00 bits per heavy atom. The van der Waals surface area contributed by atoms with Crippen LogP contribution in [0.4, 0.5) is 17.1 Å². The molecule has 4 aliphatic rings. The molecule has 0 radical (unpaired) electrons. The van der Waals surface area contributed by atoms with Gasteiger partial charge >= 0.3 is 0 Å². The number of hydrogen-bond donors (Lipinski definition) is 0. The molecule has 0 bridgehead atoms. The topological polar surface area (TPSA) is 3.24 Å². The van der Waals surface area contributed by atoms with Crippen LogP contribution >= 0.6 is 0 Å².